The van der Waals surface area contributed by atoms with Crippen LogP contribution in [0.5, 0.6) is 0 Å². The van der Waals surface area contributed by atoms with E-state index in [1.807, 2.05) is 24.3 Å². The summed E-state index contributed by atoms with van der Waals surface area (Å²) in [6.45, 7) is 6.28. The molecule has 2 aromatic rings. The average molecular weight is 395 g/mol. The zero-order valence-electron chi connectivity index (χ0n) is 14.7. The van der Waals surface area contributed by atoms with Crippen molar-refractivity contribution < 1.29 is 13.2 Å². The van der Waals surface area contributed by atoms with Crippen molar-refractivity contribution >= 4 is 21.6 Å². The first kappa shape index (κ1) is 19.3. The van der Waals surface area contributed by atoms with Crippen LogP contribution in [0.1, 0.15) is 16.7 Å². The van der Waals surface area contributed by atoms with Gasteiger partial charge in [-0.3, -0.25) is 4.90 Å². The summed E-state index contributed by atoms with van der Waals surface area (Å²) in [5, 5.41) is 0.445. The number of sulfonamides is 1. The molecule has 0 aromatic heterocycles. The van der Waals surface area contributed by atoms with Crippen LogP contribution in [-0.2, 0) is 27.8 Å². The van der Waals surface area contributed by atoms with E-state index >= 15 is 0 Å². The lowest BCUT2D eigenvalue weighted by Gasteiger charge is -2.26. The van der Waals surface area contributed by atoms with Crippen LogP contribution in [0.4, 0.5) is 0 Å². The first-order valence-corrected chi connectivity index (χ1v) is 10.4. The first-order chi connectivity index (χ1) is 12.5. The number of nitrogens with one attached hydrogen (secondary N) is 1. The molecular formula is C19H23ClN2O3S. The molecule has 7 heteroatoms. The van der Waals surface area contributed by atoms with Gasteiger partial charge in [0, 0.05) is 31.2 Å². The molecule has 1 N–H and O–H groups in total. The molecule has 1 aliphatic heterocycles. The van der Waals surface area contributed by atoms with Crippen molar-refractivity contribution in [2.45, 2.75) is 24.9 Å². The van der Waals surface area contributed by atoms with Gasteiger partial charge in [-0.05, 0) is 35.7 Å². The topological polar surface area (TPSA) is 58.6 Å². The van der Waals surface area contributed by atoms with E-state index in [9.17, 15) is 8.42 Å². The van der Waals surface area contributed by atoms with Gasteiger partial charge in [-0.1, -0.05) is 41.9 Å². The number of hydrogen-bond acceptors (Lipinski definition) is 4. The van der Waals surface area contributed by atoms with Gasteiger partial charge in [0.15, 0.2) is 0 Å². The molecule has 140 valence electrons. The minimum atomic E-state index is -3.60. The van der Waals surface area contributed by atoms with Crippen LogP contribution in [0.2, 0.25) is 5.02 Å². The van der Waals surface area contributed by atoms with Gasteiger partial charge in [0.25, 0.3) is 0 Å². The second-order valence-corrected chi connectivity index (χ2v) is 8.54. The highest BCUT2D eigenvalue weighted by atomic mass is 35.5. The molecule has 1 heterocycles. The molecule has 0 unspecified atom stereocenters. The van der Waals surface area contributed by atoms with E-state index in [4.69, 9.17) is 16.3 Å². The van der Waals surface area contributed by atoms with Gasteiger partial charge < -0.3 is 4.74 Å². The van der Waals surface area contributed by atoms with Gasteiger partial charge in [0.2, 0.25) is 10.0 Å². The zero-order valence-corrected chi connectivity index (χ0v) is 16.3. The molecule has 1 fully saturated rings. The molecule has 1 aliphatic rings. The maximum absolute atomic E-state index is 12.5. The van der Waals surface area contributed by atoms with Crippen molar-refractivity contribution in [2.24, 2.45) is 0 Å². The molecule has 0 spiro atoms. The van der Waals surface area contributed by atoms with Crippen molar-refractivity contribution in [1.82, 2.24) is 9.62 Å². The van der Waals surface area contributed by atoms with E-state index < -0.39 is 10.0 Å². The monoisotopic (exact) mass is 394 g/mol. The smallest absolute Gasteiger partial charge is 0.241 e. The maximum Gasteiger partial charge on any atom is 0.241 e. The maximum atomic E-state index is 12.5. The van der Waals surface area contributed by atoms with Gasteiger partial charge in [-0.25, -0.2) is 13.1 Å². The Morgan fingerprint density at radius 3 is 2.42 bits per heavy atom. The Labute approximate surface area is 160 Å². The number of nitrogens with zero attached hydrogens (tertiary/aromatic N) is 1. The normalized spacial score (nSPS) is 15.9. The van der Waals surface area contributed by atoms with Gasteiger partial charge in [-0.15, -0.1) is 0 Å². The predicted molar refractivity (Wildman–Crippen MR) is 103 cm³/mol. The second kappa shape index (κ2) is 8.50. The quantitative estimate of drug-likeness (QED) is 0.818. The highest BCUT2D eigenvalue weighted by molar-refractivity contribution is 7.89. The Bertz CT molecular complexity index is 848. The summed E-state index contributed by atoms with van der Waals surface area (Å²) in [4.78, 5) is 2.57. The lowest BCUT2D eigenvalue weighted by atomic mass is 10.1. The van der Waals surface area contributed by atoms with Crippen LogP contribution < -0.4 is 4.72 Å². The van der Waals surface area contributed by atoms with E-state index in [0.717, 1.165) is 38.4 Å². The fraction of sp³-hybridized carbons (Fsp3) is 0.368. The molecule has 3 rings (SSSR count). The van der Waals surface area contributed by atoms with Gasteiger partial charge in [0.1, 0.15) is 0 Å². The zero-order chi connectivity index (χ0) is 18.6. The van der Waals surface area contributed by atoms with Crippen LogP contribution in [0, 0.1) is 6.92 Å². The highest BCUT2D eigenvalue weighted by Crippen LogP contribution is 2.22. The standard InChI is InChI=1S/C19H23ClN2O3S/c1-15-18(20)3-2-4-19(15)26(23,24)21-13-16-5-7-17(8-6-16)14-22-9-11-25-12-10-22/h2-8,21H,9-14H2,1H3. The molecule has 2 aromatic carbocycles. The van der Waals surface area contributed by atoms with Gasteiger partial charge in [0.05, 0.1) is 18.1 Å². The number of benzene rings is 2. The summed E-state index contributed by atoms with van der Waals surface area (Å²) >= 11 is 6.03. The molecule has 1 saturated heterocycles. The first-order valence-electron chi connectivity index (χ1n) is 8.58. The van der Waals surface area contributed by atoms with Crippen molar-refractivity contribution in [2.75, 3.05) is 26.3 Å². The summed E-state index contributed by atoms with van der Waals surface area (Å²) in [6, 6.07) is 12.9. The minimum Gasteiger partial charge on any atom is -0.379 e. The number of morpholine rings is 1. The van der Waals surface area contributed by atoms with Gasteiger partial charge in [-0.2, -0.15) is 0 Å². The van der Waals surface area contributed by atoms with Crippen LogP contribution in [-0.4, -0.2) is 39.6 Å². The highest BCUT2D eigenvalue weighted by Gasteiger charge is 2.17. The lowest BCUT2D eigenvalue weighted by molar-refractivity contribution is 0.0342. The van der Waals surface area contributed by atoms with Crippen LogP contribution in [0.3, 0.4) is 0 Å². The molecule has 0 saturated carbocycles. The van der Waals surface area contributed by atoms with E-state index in [-0.39, 0.29) is 11.4 Å². The molecule has 0 amide bonds. The summed E-state index contributed by atoms with van der Waals surface area (Å²) in [6.07, 6.45) is 0. The summed E-state index contributed by atoms with van der Waals surface area (Å²) in [5.41, 5.74) is 2.69. The van der Waals surface area contributed by atoms with E-state index in [1.165, 1.54) is 5.56 Å². The Hall–Kier alpha value is -1.44. The Balaban J connectivity index is 1.61. The van der Waals surface area contributed by atoms with Crippen molar-refractivity contribution in [3.8, 4) is 0 Å². The number of ether oxygens (including phenoxy) is 1. The minimum absolute atomic E-state index is 0.217. The van der Waals surface area contributed by atoms with Gasteiger partial charge >= 0.3 is 0 Å². The summed E-state index contributed by atoms with van der Waals surface area (Å²) in [7, 11) is -3.60. The molecular weight excluding hydrogens is 372 g/mol. The molecule has 26 heavy (non-hydrogen) atoms. The van der Waals surface area contributed by atoms with Crippen LogP contribution >= 0.6 is 11.6 Å². The van der Waals surface area contributed by atoms with Crippen LogP contribution in [0.25, 0.3) is 0 Å². The third-order valence-corrected chi connectivity index (χ3v) is 6.46. The Kier molecular flexibility index (Phi) is 6.32. The molecule has 0 bridgehead atoms. The SMILES string of the molecule is Cc1c(Cl)cccc1S(=O)(=O)NCc1ccc(CN2CCOCC2)cc1. The average Bonchev–Trinajstić information content (AvgIpc) is 2.64. The van der Waals surface area contributed by atoms with Crippen molar-refractivity contribution in [3.63, 3.8) is 0 Å². The fourth-order valence-electron chi connectivity index (χ4n) is 2.91. The lowest BCUT2D eigenvalue weighted by Crippen LogP contribution is -2.35. The molecule has 0 aliphatic carbocycles. The van der Waals surface area contributed by atoms with E-state index in [1.54, 1.807) is 25.1 Å². The number of halogens is 1. The third kappa shape index (κ3) is 4.84. The van der Waals surface area contributed by atoms with Crippen molar-refractivity contribution in [1.29, 1.82) is 0 Å². The Morgan fingerprint density at radius 1 is 1.08 bits per heavy atom. The second-order valence-electron chi connectivity index (χ2n) is 6.39. The summed E-state index contributed by atoms with van der Waals surface area (Å²) in [5.74, 6) is 0. The van der Waals surface area contributed by atoms with Crippen molar-refractivity contribution in [3.05, 3.63) is 64.2 Å². The summed E-state index contributed by atoms with van der Waals surface area (Å²) < 4.78 is 33.0. The van der Waals surface area contributed by atoms with Crippen LogP contribution in [0.15, 0.2) is 47.4 Å². The number of hydrogen-bond donors (Lipinski definition) is 1. The fourth-order valence-corrected chi connectivity index (χ4v) is 4.43. The molecule has 0 atom stereocenters. The Morgan fingerprint density at radius 2 is 1.73 bits per heavy atom. The number of rotatable bonds is 6. The molecule has 5 nitrogen and oxygen atoms in total. The van der Waals surface area contributed by atoms with E-state index in [2.05, 4.69) is 9.62 Å². The molecule has 0 radical (unpaired) electrons. The third-order valence-electron chi connectivity index (χ3n) is 4.51. The van der Waals surface area contributed by atoms with E-state index in [0.29, 0.717) is 10.6 Å². The predicted octanol–water partition coefficient (Wildman–Crippen LogP) is 2.96. The largest absolute Gasteiger partial charge is 0.379 e.